The Morgan fingerprint density at radius 2 is 1.10 bits per heavy atom. The summed E-state index contributed by atoms with van der Waals surface area (Å²) in [5.74, 6) is 0.419. The molecule has 0 radical (unpaired) electrons. The van der Waals surface area contributed by atoms with Crippen molar-refractivity contribution in [3.05, 3.63) is 129 Å². The van der Waals surface area contributed by atoms with E-state index in [1.165, 1.54) is 27.4 Å². The normalized spacial score (nSPS) is 10.3. The minimum Gasteiger partial charge on any atom is -0.496 e. The van der Waals surface area contributed by atoms with E-state index in [0.29, 0.717) is 35.5 Å². The topological polar surface area (TPSA) is 150 Å². The van der Waals surface area contributed by atoms with Crippen LogP contribution in [0.2, 0.25) is 0 Å². The van der Waals surface area contributed by atoms with Gasteiger partial charge >= 0.3 is 11.9 Å². The molecule has 0 unspecified atom stereocenters. The molecule has 6 aromatic rings. The summed E-state index contributed by atoms with van der Waals surface area (Å²) in [6.07, 6.45) is 5.24. The summed E-state index contributed by atoms with van der Waals surface area (Å²) in [7, 11) is 9.73. The second kappa shape index (κ2) is 17.1. The second-order valence-electron chi connectivity index (χ2n) is 11.7. The van der Waals surface area contributed by atoms with Crippen LogP contribution in [0, 0.1) is 10.1 Å². The van der Waals surface area contributed by atoms with E-state index >= 15 is 0 Å². The van der Waals surface area contributed by atoms with E-state index in [-0.39, 0.29) is 26.5 Å². The number of fused-ring (bicyclic) bond motifs is 2. The lowest BCUT2D eigenvalue weighted by Crippen LogP contribution is -2.03. The number of nitro groups is 1. The fraction of sp³-hybridized carbons (Fsp3) is 0.250. The van der Waals surface area contributed by atoms with Crippen LogP contribution >= 0.6 is 0 Å². The maximum Gasteiger partial charge on any atom is 0.337 e. The van der Waals surface area contributed by atoms with E-state index in [1.807, 2.05) is 49.1 Å². The number of nitrogens with zero attached hydrogens (tertiary/aromatic N) is 3. The number of nitrogen functional groups attached to an aromatic ring is 1. The van der Waals surface area contributed by atoms with Gasteiger partial charge in [-0.25, -0.2) is 9.59 Å². The molecule has 0 fully saturated rings. The van der Waals surface area contributed by atoms with Gasteiger partial charge in [0.15, 0.2) is 0 Å². The smallest absolute Gasteiger partial charge is 0.337 e. The number of esters is 2. The van der Waals surface area contributed by atoms with Crippen LogP contribution < -0.4 is 15.2 Å². The molecule has 0 amide bonds. The summed E-state index contributed by atoms with van der Waals surface area (Å²) in [5, 5.41) is 13.0. The molecule has 274 valence electrons. The summed E-state index contributed by atoms with van der Waals surface area (Å²) < 4.78 is 24.4. The zero-order chi connectivity index (χ0) is 36.1. The molecule has 6 rings (SSSR count). The van der Waals surface area contributed by atoms with Crippen molar-refractivity contribution in [3.8, 4) is 11.5 Å². The van der Waals surface area contributed by atoms with Gasteiger partial charge < -0.3 is 33.8 Å². The van der Waals surface area contributed by atoms with Gasteiger partial charge in [0.2, 0.25) is 0 Å². The van der Waals surface area contributed by atoms with Crippen LogP contribution in [0.1, 0.15) is 57.8 Å². The van der Waals surface area contributed by atoms with Gasteiger partial charge in [0.25, 0.3) is 5.69 Å². The quantitative estimate of drug-likeness (QED) is 0.0684. The van der Waals surface area contributed by atoms with Gasteiger partial charge in [-0.1, -0.05) is 27.0 Å². The number of hydrogen-bond donors (Lipinski definition) is 1. The molecule has 0 aliphatic carbocycles. The molecule has 0 spiro atoms. The van der Waals surface area contributed by atoms with Crippen molar-refractivity contribution in [2.24, 2.45) is 14.1 Å². The number of carbonyl (C=O) groups excluding carboxylic acids is 2. The first kappa shape index (κ1) is 40.1. The fourth-order valence-electron chi connectivity index (χ4n) is 6.03. The largest absolute Gasteiger partial charge is 0.496 e. The summed E-state index contributed by atoms with van der Waals surface area (Å²) in [6.45, 7) is 0. The summed E-state index contributed by atoms with van der Waals surface area (Å²) in [6, 6.07) is 21.2. The number of aromatic nitrogens is 2. The Balaban J connectivity index is 0.000000271. The van der Waals surface area contributed by atoms with Crippen molar-refractivity contribution < 1.29 is 33.5 Å². The van der Waals surface area contributed by atoms with Crippen LogP contribution in [0.4, 0.5) is 11.4 Å². The number of rotatable bonds is 9. The average molecular weight is 711 g/mol. The number of hydrogen-bond acceptors (Lipinski definition) is 9. The third-order valence-electron chi connectivity index (χ3n) is 8.54. The van der Waals surface area contributed by atoms with Gasteiger partial charge in [0.05, 0.1) is 44.5 Å². The highest BCUT2D eigenvalue weighted by molar-refractivity contribution is 5.91. The van der Waals surface area contributed by atoms with Gasteiger partial charge in [0, 0.05) is 79.0 Å². The van der Waals surface area contributed by atoms with Crippen molar-refractivity contribution in [2.45, 2.75) is 27.7 Å². The third-order valence-corrected chi connectivity index (χ3v) is 8.54. The highest BCUT2D eigenvalue weighted by atomic mass is 16.6. The van der Waals surface area contributed by atoms with E-state index in [4.69, 9.17) is 24.7 Å². The first-order valence-electron chi connectivity index (χ1n) is 15.5. The van der Waals surface area contributed by atoms with E-state index in [9.17, 15) is 19.7 Å². The molecule has 0 aliphatic rings. The minimum atomic E-state index is -0.435. The Bertz CT molecular complexity index is 2230. The lowest BCUT2D eigenvalue weighted by molar-refractivity contribution is -0.384. The number of methoxy groups -OCH3 is 4. The van der Waals surface area contributed by atoms with Crippen LogP contribution in [0.15, 0.2) is 85.2 Å². The fourth-order valence-corrected chi connectivity index (χ4v) is 6.03. The standard InChI is InChI=1S/C19H18N2O5.C19H20N2O3.2CH4/c1-20-11-14(16-10-15(21(23)24)6-7-17(16)20)8-12-4-5-13(19(22)26-3)9-18(12)25-2;1-21-11-14(16-10-15(20)6-7-17(16)21)8-12-4-5-13(19(22)24-3)9-18(12)23-2;;/h4-7,9-11H,8H2,1-3H3;4-7,9-11H,8,20H2,1-3H3;2*1H4. The molecular weight excluding hydrogens is 664 g/mol. The van der Waals surface area contributed by atoms with Crippen LogP contribution in [0.25, 0.3) is 21.8 Å². The number of nitrogens with two attached hydrogens (primary N) is 1. The molecule has 0 bridgehead atoms. The average Bonchev–Trinajstić information content (AvgIpc) is 3.61. The number of ether oxygens (including phenoxy) is 4. The number of benzene rings is 4. The van der Waals surface area contributed by atoms with Gasteiger partial charge in [-0.3, -0.25) is 10.1 Å². The van der Waals surface area contributed by atoms with Crippen LogP contribution in [0.5, 0.6) is 11.5 Å². The van der Waals surface area contributed by atoms with Crippen molar-refractivity contribution in [1.82, 2.24) is 9.13 Å². The van der Waals surface area contributed by atoms with Crippen LogP contribution in [0.3, 0.4) is 0 Å². The Labute approximate surface area is 303 Å². The van der Waals surface area contributed by atoms with Crippen LogP contribution in [-0.2, 0) is 36.4 Å². The molecule has 52 heavy (non-hydrogen) atoms. The van der Waals surface area contributed by atoms with E-state index in [1.54, 1.807) is 49.6 Å². The zero-order valence-corrected chi connectivity index (χ0v) is 28.7. The number of non-ortho nitro benzene ring substituents is 1. The monoisotopic (exact) mass is 710 g/mol. The zero-order valence-electron chi connectivity index (χ0n) is 28.7. The van der Waals surface area contributed by atoms with Gasteiger partial charge in [0.1, 0.15) is 11.5 Å². The first-order chi connectivity index (χ1) is 24.0. The van der Waals surface area contributed by atoms with Gasteiger partial charge in [-0.05, 0) is 70.8 Å². The first-order valence-corrected chi connectivity index (χ1v) is 15.5. The Kier molecular flexibility index (Phi) is 13.2. The molecule has 4 aromatic carbocycles. The molecule has 0 aliphatic heterocycles. The molecule has 2 heterocycles. The minimum absolute atomic E-state index is 0. The van der Waals surface area contributed by atoms with E-state index < -0.39 is 10.9 Å². The molecule has 12 nitrogen and oxygen atoms in total. The third kappa shape index (κ3) is 8.35. The summed E-state index contributed by atoms with van der Waals surface area (Å²) >= 11 is 0. The predicted octanol–water partition coefficient (Wildman–Crippen LogP) is 7.89. The molecule has 2 aromatic heterocycles. The summed E-state index contributed by atoms with van der Waals surface area (Å²) in [5.41, 5.74) is 13.6. The number of aryl methyl sites for hydroxylation is 2. The Morgan fingerprint density at radius 1 is 0.654 bits per heavy atom. The molecule has 12 heteroatoms. The maximum absolute atomic E-state index is 11.7. The molecule has 0 saturated heterocycles. The second-order valence-corrected chi connectivity index (χ2v) is 11.7. The number of anilines is 1. The SMILES string of the molecule is C.C.COC(=O)c1ccc(Cc2cn(C)c3ccc(N)cc23)c(OC)c1.COC(=O)c1ccc(Cc2cn(C)c3ccc([N+](=O)[O-])cc23)c(OC)c1. The Morgan fingerprint density at radius 3 is 1.52 bits per heavy atom. The highest BCUT2D eigenvalue weighted by Crippen LogP contribution is 2.31. The lowest BCUT2D eigenvalue weighted by Gasteiger charge is -2.10. The molecule has 0 saturated carbocycles. The van der Waals surface area contributed by atoms with Gasteiger partial charge in [-0.15, -0.1) is 0 Å². The van der Waals surface area contributed by atoms with Crippen molar-refractivity contribution in [3.63, 3.8) is 0 Å². The molecular formula is C40H46N4O8. The van der Waals surface area contributed by atoms with Crippen molar-refractivity contribution in [1.29, 1.82) is 0 Å². The summed E-state index contributed by atoms with van der Waals surface area (Å²) in [4.78, 5) is 34.0. The van der Waals surface area contributed by atoms with E-state index in [0.717, 1.165) is 49.7 Å². The number of carbonyl (C=O) groups is 2. The Hall–Kier alpha value is -6.30. The van der Waals surface area contributed by atoms with E-state index in [2.05, 4.69) is 10.8 Å². The molecule has 2 N–H and O–H groups in total. The van der Waals surface area contributed by atoms with Crippen LogP contribution in [-0.4, -0.2) is 54.4 Å². The molecule has 0 atom stereocenters. The predicted molar refractivity (Wildman–Crippen MR) is 205 cm³/mol. The maximum atomic E-state index is 11.7. The number of nitro benzene ring substituents is 1. The van der Waals surface area contributed by atoms with Crippen molar-refractivity contribution in [2.75, 3.05) is 34.2 Å². The van der Waals surface area contributed by atoms with Gasteiger partial charge in [-0.2, -0.15) is 0 Å². The lowest BCUT2D eigenvalue weighted by atomic mass is 10.0. The highest BCUT2D eigenvalue weighted by Gasteiger charge is 2.17. The van der Waals surface area contributed by atoms with Crippen molar-refractivity contribution >= 4 is 45.1 Å².